The molecule has 9 heteroatoms. The van der Waals surface area contributed by atoms with Crippen molar-refractivity contribution in [2.75, 3.05) is 38.2 Å². The van der Waals surface area contributed by atoms with E-state index < -0.39 is 15.9 Å². The number of nitrogens with one attached hydrogen (secondary N) is 1. The van der Waals surface area contributed by atoms with E-state index in [1.165, 1.54) is 50.8 Å². The third kappa shape index (κ3) is 6.65. The van der Waals surface area contributed by atoms with Crippen molar-refractivity contribution < 1.29 is 22.7 Å². The Labute approximate surface area is 225 Å². The molecule has 1 fully saturated rings. The predicted octanol–water partition coefficient (Wildman–Crippen LogP) is 4.12. The third-order valence-electron chi connectivity index (χ3n) is 6.67. The minimum Gasteiger partial charge on any atom is -0.493 e. The lowest BCUT2D eigenvalue weighted by molar-refractivity contribution is -0.119. The quantitative estimate of drug-likeness (QED) is 0.396. The molecule has 1 amide bonds. The molecule has 3 aromatic carbocycles. The molecule has 0 saturated carbocycles. The number of aryl methyl sites for hydroxylation is 1. The van der Waals surface area contributed by atoms with Crippen molar-refractivity contribution in [1.29, 1.82) is 0 Å². The van der Waals surface area contributed by atoms with Crippen molar-refractivity contribution in [3.05, 3.63) is 83.4 Å². The molecule has 0 bridgehead atoms. The van der Waals surface area contributed by atoms with Crippen molar-refractivity contribution in [2.24, 2.45) is 0 Å². The molecule has 1 saturated heterocycles. The SMILES string of the molecule is COc1ccc(S(=O)(=O)N(CC(=O)NCc2ccc(CN3CCCC3)cc2)c2ccc(C)cc2)cc1OC. The van der Waals surface area contributed by atoms with Gasteiger partial charge in [0, 0.05) is 19.2 Å². The Kier molecular flexibility index (Phi) is 8.91. The molecule has 1 N–H and O–H groups in total. The lowest BCUT2D eigenvalue weighted by Crippen LogP contribution is -2.40. The molecule has 0 aromatic heterocycles. The molecule has 0 radical (unpaired) electrons. The number of carbonyl (C=O) groups excluding carboxylic acids is 1. The van der Waals surface area contributed by atoms with Crippen LogP contribution in [-0.4, -0.2) is 53.1 Å². The fourth-order valence-corrected chi connectivity index (χ4v) is 5.92. The van der Waals surface area contributed by atoms with Crippen LogP contribution in [0.4, 0.5) is 5.69 Å². The fraction of sp³-hybridized carbons (Fsp3) is 0.345. The molecule has 1 aliphatic heterocycles. The molecular weight excluding hydrogens is 502 g/mol. The number of amides is 1. The third-order valence-corrected chi connectivity index (χ3v) is 8.44. The van der Waals surface area contributed by atoms with E-state index in [9.17, 15) is 13.2 Å². The van der Waals surface area contributed by atoms with Crippen LogP contribution in [0.1, 0.15) is 29.5 Å². The van der Waals surface area contributed by atoms with Gasteiger partial charge in [0.2, 0.25) is 5.91 Å². The molecule has 202 valence electrons. The van der Waals surface area contributed by atoms with E-state index in [2.05, 4.69) is 22.3 Å². The zero-order chi connectivity index (χ0) is 27.1. The molecule has 0 aliphatic carbocycles. The number of likely N-dealkylation sites (tertiary alicyclic amines) is 1. The van der Waals surface area contributed by atoms with Crippen LogP contribution < -0.4 is 19.1 Å². The Morgan fingerprint density at radius 1 is 0.895 bits per heavy atom. The summed E-state index contributed by atoms with van der Waals surface area (Å²) in [6.07, 6.45) is 2.51. The van der Waals surface area contributed by atoms with Gasteiger partial charge >= 0.3 is 0 Å². The van der Waals surface area contributed by atoms with Crippen LogP contribution >= 0.6 is 0 Å². The minimum atomic E-state index is -4.09. The number of rotatable bonds is 11. The van der Waals surface area contributed by atoms with Gasteiger partial charge in [-0.15, -0.1) is 0 Å². The average Bonchev–Trinajstić information content (AvgIpc) is 3.44. The molecule has 0 spiro atoms. The van der Waals surface area contributed by atoms with E-state index in [1.807, 2.05) is 31.2 Å². The number of methoxy groups -OCH3 is 2. The van der Waals surface area contributed by atoms with Gasteiger partial charge in [-0.1, -0.05) is 42.0 Å². The van der Waals surface area contributed by atoms with Crippen molar-refractivity contribution in [2.45, 2.75) is 37.8 Å². The summed E-state index contributed by atoms with van der Waals surface area (Å²) in [4.78, 5) is 15.4. The molecule has 0 unspecified atom stereocenters. The lowest BCUT2D eigenvalue weighted by Gasteiger charge is -2.24. The van der Waals surface area contributed by atoms with E-state index in [0.29, 0.717) is 18.0 Å². The number of sulfonamides is 1. The van der Waals surface area contributed by atoms with Gasteiger partial charge in [0.1, 0.15) is 6.54 Å². The first kappa shape index (κ1) is 27.5. The number of benzene rings is 3. The summed E-state index contributed by atoms with van der Waals surface area (Å²) in [5, 5.41) is 2.87. The Hall–Kier alpha value is -3.56. The van der Waals surface area contributed by atoms with Gasteiger partial charge in [0.05, 0.1) is 24.8 Å². The molecule has 1 heterocycles. The summed E-state index contributed by atoms with van der Waals surface area (Å²) >= 11 is 0. The number of carbonyl (C=O) groups is 1. The molecule has 8 nitrogen and oxygen atoms in total. The summed E-state index contributed by atoms with van der Waals surface area (Å²) in [5.41, 5.74) is 3.57. The molecule has 0 atom stereocenters. The van der Waals surface area contributed by atoms with Crippen LogP contribution in [0.3, 0.4) is 0 Å². The summed E-state index contributed by atoms with van der Waals surface area (Å²) in [6.45, 7) is 5.07. The van der Waals surface area contributed by atoms with Gasteiger partial charge in [0.25, 0.3) is 10.0 Å². The first-order valence-electron chi connectivity index (χ1n) is 12.7. The maximum absolute atomic E-state index is 13.7. The highest BCUT2D eigenvalue weighted by atomic mass is 32.2. The maximum Gasteiger partial charge on any atom is 0.264 e. The van der Waals surface area contributed by atoms with Crippen molar-refractivity contribution in [3.63, 3.8) is 0 Å². The van der Waals surface area contributed by atoms with Crippen LogP contribution in [0.15, 0.2) is 71.6 Å². The normalized spacial score (nSPS) is 13.8. The summed E-state index contributed by atoms with van der Waals surface area (Å²) < 4.78 is 39.1. The first-order valence-corrected chi connectivity index (χ1v) is 14.1. The Bertz CT molecular complexity index is 1340. The largest absolute Gasteiger partial charge is 0.493 e. The predicted molar refractivity (Wildman–Crippen MR) is 148 cm³/mol. The van der Waals surface area contributed by atoms with E-state index >= 15 is 0 Å². The topological polar surface area (TPSA) is 88.2 Å². The zero-order valence-electron chi connectivity index (χ0n) is 22.1. The van der Waals surface area contributed by atoms with Crippen LogP contribution in [0.25, 0.3) is 0 Å². The first-order chi connectivity index (χ1) is 18.3. The number of hydrogen-bond donors (Lipinski definition) is 1. The number of hydrogen-bond acceptors (Lipinski definition) is 6. The minimum absolute atomic E-state index is 0.00267. The second-order valence-corrected chi connectivity index (χ2v) is 11.3. The smallest absolute Gasteiger partial charge is 0.264 e. The van der Waals surface area contributed by atoms with E-state index in [0.717, 1.165) is 35.1 Å². The number of anilines is 1. The Morgan fingerprint density at radius 2 is 1.53 bits per heavy atom. The van der Waals surface area contributed by atoms with E-state index in [-0.39, 0.29) is 17.2 Å². The van der Waals surface area contributed by atoms with Crippen molar-refractivity contribution >= 4 is 21.6 Å². The standard InChI is InChI=1S/C29H35N3O5S/c1-22-6-12-25(13-7-22)32(38(34,35)26-14-15-27(36-2)28(18-26)37-3)21-29(33)30-19-23-8-10-24(11-9-23)20-31-16-4-5-17-31/h6-15,18H,4-5,16-17,19-21H2,1-3H3,(H,30,33). The lowest BCUT2D eigenvalue weighted by atomic mass is 10.1. The highest BCUT2D eigenvalue weighted by Gasteiger charge is 2.28. The molecule has 1 aliphatic rings. The Balaban J connectivity index is 1.48. The van der Waals surface area contributed by atoms with Crippen molar-refractivity contribution in [1.82, 2.24) is 10.2 Å². The summed E-state index contributed by atoms with van der Waals surface area (Å²) in [6, 6.07) is 19.6. The fourth-order valence-electron chi connectivity index (χ4n) is 4.48. The van der Waals surface area contributed by atoms with E-state index in [4.69, 9.17) is 9.47 Å². The molecule has 38 heavy (non-hydrogen) atoms. The van der Waals surface area contributed by atoms with Crippen molar-refractivity contribution in [3.8, 4) is 11.5 Å². The summed E-state index contributed by atoms with van der Waals surface area (Å²) in [7, 11) is -1.16. The van der Waals surface area contributed by atoms with Gasteiger partial charge in [-0.2, -0.15) is 0 Å². The van der Waals surface area contributed by atoms with Gasteiger partial charge in [-0.05, 0) is 68.2 Å². The number of ether oxygens (including phenoxy) is 2. The zero-order valence-corrected chi connectivity index (χ0v) is 23.0. The second-order valence-electron chi connectivity index (χ2n) is 9.44. The van der Waals surface area contributed by atoms with Gasteiger partial charge in [0.15, 0.2) is 11.5 Å². The van der Waals surface area contributed by atoms with Crippen LogP contribution in [0, 0.1) is 6.92 Å². The van der Waals surface area contributed by atoms with Gasteiger partial charge in [-0.25, -0.2) is 8.42 Å². The molecule has 3 aromatic rings. The highest BCUT2D eigenvalue weighted by molar-refractivity contribution is 7.92. The van der Waals surface area contributed by atoms with Gasteiger partial charge in [-0.3, -0.25) is 14.0 Å². The van der Waals surface area contributed by atoms with E-state index in [1.54, 1.807) is 12.1 Å². The van der Waals surface area contributed by atoms with Crippen LogP contribution in [0.2, 0.25) is 0 Å². The highest BCUT2D eigenvalue weighted by Crippen LogP contribution is 2.32. The molecule has 4 rings (SSSR count). The Morgan fingerprint density at radius 3 is 2.16 bits per heavy atom. The van der Waals surface area contributed by atoms with Crippen LogP contribution in [0.5, 0.6) is 11.5 Å². The monoisotopic (exact) mass is 537 g/mol. The maximum atomic E-state index is 13.7. The summed E-state index contributed by atoms with van der Waals surface area (Å²) in [5.74, 6) is 0.295. The van der Waals surface area contributed by atoms with Gasteiger partial charge < -0.3 is 14.8 Å². The van der Waals surface area contributed by atoms with Crippen LogP contribution in [-0.2, 0) is 27.9 Å². The average molecular weight is 538 g/mol. The molecular formula is C29H35N3O5S. The number of nitrogens with zero attached hydrogens (tertiary/aromatic N) is 2. The second kappa shape index (κ2) is 12.3.